The Morgan fingerprint density at radius 1 is 1.33 bits per heavy atom. The number of hydrogen-bond donors (Lipinski definition) is 2. The molecule has 146 valence electrons. The smallest absolute Gasteiger partial charge is 0.267 e. The highest BCUT2D eigenvalue weighted by Crippen LogP contribution is 2.26. The summed E-state index contributed by atoms with van der Waals surface area (Å²) in [5.74, 6) is -0.254. The molecule has 1 aromatic heterocycles. The number of pyridine rings is 1. The van der Waals surface area contributed by atoms with E-state index in [0.717, 1.165) is 38.9 Å². The molecule has 6 heteroatoms. The van der Waals surface area contributed by atoms with E-state index in [2.05, 4.69) is 10.2 Å². The van der Waals surface area contributed by atoms with Gasteiger partial charge in [0.15, 0.2) is 0 Å². The molecule has 3 rings (SSSR count). The van der Waals surface area contributed by atoms with Crippen LogP contribution >= 0.6 is 0 Å². The quantitative estimate of drug-likeness (QED) is 0.765. The molecule has 0 atom stereocenters. The third-order valence-electron chi connectivity index (χ3n) is 5.33. The van der Waals surface area contributed by atoms with Crippen LogP contribution in [-0.2, 0) is 6.54 Å². The summed E-state index contributed by atoms with van der Waals surface area (Å²) in [7, 11) is 0. The van der Waals surface area contributed by atoms with Crippen LogP contribution in [0.3, 0.4) is 0 Å². The lowest BCUT2D eigenvalue weighted by atomic mass is 9.99. The molecule has 0 spiro atoms. The fourth-order valence-electron chi connectivity index (χ4n) is 3.71. The van der Waals surface area contributed by atoms with E-state index in [4.69, 9.17) is 1.37 Å². The summed E-state index contributed by atoms with van der Waals surface area (Å²) in [5.41, 5.74) is -0.0226. The Hall–Kier alpha value is -2.34. The molecule has 1 amide bonds. The molecule has 1 aliphatic heterocycles. The van der Waals surface area contributed by atoms with Gasteiger partial charge in [0.1, 0.15) is 11.3 Å². The number of amides is 1. The van der Waals surface area contributed by atoms with Crippen molar-refractivity contribution in [2.45, 2.75) is 39.6 Å². The lowest BCUT2D eigenvalue weighted by molar-refractivity contribution is 0.0946. The van der Waals surface area contributed by atoms with Crippen molar-refractivity contribution in [2.24, 2.45) is 5.92 Å². The highest BCUT2D eigenvalue weighted by Gasteiger charge is 2.21. The average Bonchev–Trinajstić information content (AvgIpc) is 2.72. The zero-order valence-corrected chi connectivity index (χ0v) is 15.9. The van der Waals surface area contributed by atoms with Crippen LogP contribution in [0.25, 0.3) is 10.9 Å². The van der Waals surface area contributed by atoms with Gasteiger partial charge in [0.05, 0.1) is 5.52 Å². The molecule has 0 bridgehead atoms. The molecular weight excluding hydrogens is 342 g/mol. The molecule has 2 heterocycles. The van der Waals surface area contributed by atoms with Crippen molar-refractivity contribution >= 4 is 16.8 Å². The number of aromatic nitrogens is 1. The Labute approximate surface area is 161 Å². The second kappa shape index (κ2) is 8.57. The Kier molecular flexibility index (Phi) is 5.72. The van der Waals surface area contributed by atoms with Crippen molar-refractivity contribution in [3.63, 3.8) is 0 Å². The van der Waals surface area contributed by atoms with Crippen molar-refractivity contribution in [3.05, 3.63) is 40.2 Å². The van der Waals surface area contributed by atoms with E-state index < -0.39 is 11.5 Å². The lowest BCUT2D eigenvalue weighted by Crippen LogP contribution is -2.37. The average molecular weight is 372 g/mol. The summed E-state index contributed by atoms with van der Waals surface area (Å²) in [6.45, 7) is 6.12. The molecule has 0 radical (unpaired) electrons. The zero-order chi connectivity index (χ0) is 20.1. The van der Waals surface area contributed by atoms with Gasteiger partial charge in [-0.2, -0.15) is 0 Å². The molecule has 1 aliphatic rings. The molecule has 0 unspecified atom stereocenters. The maximum atomic E-state index is 12.7. The van der Waals surface area contributed by atoms with Gasteiger partial charge in [0.25, 0.3) is 11.5 Å². The van der Waals surface area contributed by atoms with Gasteiger partial charge in [-0.1, -0.05) is 19.0 Å². The monoisotopic (exact) mass is 372 g/mol. The number of aromatic hydroxyl groups is 1. The first-order valence-corrected chi connectivity index (χ1v) is 9.71. The van der Waals surface area contributed by atoms with E-state index in [1.807, 2.05) is 6.92 Å². The van der Waals surface area contributed by atoms with Crippen LogP contribution < -0.4 is 10.9 Å². The summed E-state index contributed by atoms with van der Waals surface area (Å²) in [4.78, 5) is 27.7. The van der Waals surface area contributed by atoms with Crippen molar-refractivity contribution in [3.8, 4) is 5.75 Å². The number of rotatable bonds is 6. The molecule has 27 heavy (non-hydrogen) atoms. The van der Waals surface area contributed by atoms with Crippen molar-refractivity contribution < 1.29 is 11.3 Å². The van der Waals surface area contributed by atoms with Crippen LogP contribution in [0.4, 0.5) is 0 Å². The number of aryl methyl sites for hydroxylation is 1. The number of nitrogens with zero attached hydrogens (tertiary/aromatic N) is 2. The van der Waals surface area contributed by atoms with Gasteiger partial charge < -0.3 is 19.9 Å². The number of fused-ring (bicyclic) bond motifs is 1. The van der Waals surface area contributed by atoms with E-state index in [0.29, 0.717) is 36.8 Å². The first kappa shape index (κ1) is 18.0. The highest BCUT2D eigenvalue weighted by atomic mass is 16.3. The van der Waals surface area contributed by atoms with Crippen molar-refractivity contribution in [1.82, 2.24) is 14.8 Å². The number of hydrogen-bond acceptors (Lipinski definition) is 4. The molecule has 0 aliphatic carbocycles. The summed E-state index contributed by atoms with van der Waals surface area (Å²) >= 11 is 0. The van der Waals surface area contributed by atoms with Crippen LogP contribution in [0.1, 0.15) is 44.8 Å². The molecule has 6 nitrogen and oxygen atoms in total. The Morgan fingerprint density at radius 2 is 2.07 bits per heavy atom. The van der Waals surface area contributed by atoms with Gasteiger partial charge in [-0.3, -0.25) is 9.59 Å². The Balaban J connectivity index is 1.63. The third-order valence-corrected chi connectivity index (χ3v) is 5.33. The molecule has 2 aromatic rings. The van der Waals surface area contributed by atoms with Crippen LogP contribution in [0.2, 0.25) is 0 Å². The van der Waals surface area contributed by atoms with Gasteiger partial charge in [0.2, 0.25) is 0 Å². The molecule has 1 saturated heterocycles. The van der Waals surface area contributed by atoms with E-state index >= 15 is 0 Å². The van der Waals surface area contributed by atoms with Crippen LogP contribution in [0, 0.1) is 5.92 Å². The van der Waals surface area contributed by atoms with Crippen LogP contribution in [0.15, 0.2) is 29.1 Å². The van der Waals surface area contributed by atoms with E-state index in [1.54, 1.807) is 24.3 Å². The normalized spacial score (nSPS) is 16.4. The zero-order valence-electron chi connectivity index (χ0n) is 16.9. The third kappa shape index (κ3) is 4.16. The summed E-state index contributed by atoms with van der Waals surface area (Å²) < 4.78 is 8.97. The first-order chi connectivity index (χ1) is 13.6. The molecule has 1 aromatic carbocycles. The second-order valence-electron chi connectivity index (χ2n) is 7.18. The largest absolute Gasteiger partial charge is 0.506 e. The molecule has 1 fully saturated rings. The van der Waals surface area contributed by atoms with Gasteiger partial charge >= 0.3 is 0 Å². The number of piperidine rings is 1. The molecular formula is C21H29N3O3. The fourth-order valence-corrected chi connectivity index (χ4v) is 3.71. The van der Waals surface area contributed by atoms with Gasteiger partial charge in [-0.25, -0.2) is 0 Å². The maximum absolute atomic E-state index is 12.7. The number of nitrogens with one attached hydrogen (secondary N) is 1. The first-order valence-electron chi connectivity index (χ1n) is 10.4. The van der Waals surface area contributed by atoms with Crippen LogP contribution in [0.5, 0.6) is 5.75 Å². The molecule has 2 N–H and O–H groups in total. The fraction of sp³-hybridized carbons (Fsp3) is 0.524. The van der Waals surface area contributed by atoms with E-state index in [-0.39, 0.29) is 11.3 Å². The standard InChI is InChI=1S/C21H29N3O3/c1-3-24-17-8-5-4-7-16(17)19(25)18(21(24)27)20(26)22-11-6-12-23-13-9-15(2)10-14-23/h4-5,7-8,15,25H,3,6,9-14H2,1-2H3,(H,22,26)/i2D. The molecule has 0 saturated carbocycles. The van der Waals surface area contributed by atoms with E-state index in [1.165, 1.54) is 4.57 Å². The number of para-hydroxylation sites is 1. The number of benzene rings is 1. The Bertz CT molecular complexity index is 888. The lowest BCUT2D eigenvalue weighted by Gasteiger charge is -2.30. The summed E-state index contributed by atoms with van der Waals surface area (Å²) in [6, 6.07) is 7.07. The Morgan fingerprint density at radius 3 is 2.78 bits per heavy atom. The number of likely N-dealkylation sites (tertiary alicyclic amines) is 1. The summed E-state index contributed by atoms with van der Waals surface area (Å²) in [6.07, 6.45) is 2.92. The van der Waals surface area contributed by atoms with E-state index in [9.17, 15) is 14.7 Å². The highest BCUT2D eigenvalue weighted by molar-refractivity contribution is 6.02. The van der Waals surface area contributed by atoms with Crippen LogP contribution in [-0.4, -0.2) is 46.7 Å². The predicted molar refractivity (Wildman–Crippen MR) is 107 cm³/mol. The van der Waals surface area contributed by atoms with Gasteiger partial charge in [-0.15, -0.1) is 0 Å². The minimum Gasteiger partial charge on any atom is -0.506 e. The minimum atomic E-state index is -0.525. The predicted octanol–water partition coefficient (Wildman–Crippen LogP) is 2.58. The minimum absolute atomic E-state index is 0.184. The van der Waals surface area contributed by atoms with Gasteiger partial charge in [0, 0.05) is 19.8 Å². The van der Waals surface area contributed by atoms with Crippen molar-refractivity contribution in [1.29, 1.82) is 0 Å². The number of carbonyl (C=O) groups excluding carboxylic acids is 1. The maximum Gasteiger partial charge on any atom is 0.267 e. The summed E-state index contributed by atoms with van der Waals surface area (Å²) in [5, 5.41) is 13.8. The SMILES string of the molecule is [2H]CC1CCN(CCCNC(=O)c2c(O)c3ccccc3n(CC)c2=O)CC1. The van der Waals surface area contributed by atoms with Crippen molar-refractivity contribution in [2.75, 3.05) is 26.2 Å². The number of carbonyl (C=O) groups is 1. The topological polar surface area (TPSA) is 74.6 Å². The van der Waals surface area contributed by atoms with Gasteiger partial charge in [-0.05, 0) is 63.9 Å². The second-order valence-corrected chi connectivity index (χ2v) is 7.18.